The molecule has 1 fully saturated rings. The van der Waals surface area contributed by atoms with Gasteiger partial charge < -0.3 is 24.4 Å². The van der Waals surface area contributed by atoms with E-state index in [0.717, 1.165) is 0 Å². The van der Waals surface area contributed by atoms with E-state index in [-0.39, 0.29) is 17.9 Å². The second-order valence-electron chi connectivity index (χ2n) is 7.30. The molecule has 0 atom stereocenters. The highest BCUT2D eigenvalue weighted by Gasteiger charge is 2.30. The molecule has 2 rings (SSSR count). The summed E-state index contributed by atoms with van der Waals surface area (Å²) in [6.07, 6.45) is 0.896. The molecule has 7 heteroatoms. The molecule has 1 aromatic carbocycles. The Balaban J connectivity index is 1.89. The molecule has 1 aliphatic heterocycles. The first-order chi connectivity index (χ1) is 12.2. The van der Waals surface area contributed by atoms with Gasteiger partial charge in [-0.05, 0) is 45.7 Å². The van der Waals surface area contributed by atoms with Crippen LogP contribution in [0.3, 0.4) is 0 Å². The number of methoxy groups -OCH3 is 2. The van der Waals surface area contributed by atoms with Crippen molar-refractivity contribution in [2.75, 3.05) is 32.6 Å². The summed E-state index contributed by atoms with van der Waals surface area (Å²) < 4.78 is 15.8. The molecule has 0 unspecified atom stereocenters. The number of rotatable bonds is 4. The lowest BCUT2D eigenvalue weighted by Crippen LogP contribution is -2.43. The number of nitrogens with one attached hydrogen (secondary N) is 1. The van der Waals surface area contributed by atoms with E-state index < -0.39 is 5.60 Å². The Morgan fingerprint density at radius 2 is 1.69 bits per heavy atom. The molecule has 7 nitrogen and oxygen atoms in total. The molecule has 1 aliphatic rings. The summed E-state index contributed by atoms with van der Waals surface area (Å²) in [5, 5.41) is 2.91. The molecule has 0 aromatic heterocycles. The fourth-order valence-corrected chi connectivity index (χ4v) is 2.81. The number of amides is 2. The van der Waals surface area contributed by atoms with Gasteiger partial charge in [-0.25, -0.2) is 4.79 Å². The quantitative estimate of drug-likeness (QED) is 0.887. The van der Waals surface area contributed by atoms with Gasteiger partial charge in [0.05, 0.1) is 14.2 Å². The number of carbonyl (C=O) groups excluding carboxylic acids is 2. The van der Waals surface area contributed by atoms with E-state index in [1.165, 1.54) is 0 Å². The Morgan fingerprint density at radius 1 is 1.08 bits per heavy atom. The summed E-state index contributed by atoms with van der Waals surface area (Å²) in [5.41, 5.74) is 0.140. The van der Waals surface area contributed by atoms with Crippen LogP contribution in [0.15, 0.2) is 18.2 Å². The summed E-state index contributed by atoms with van der Waals surface area (Å²) >= 11 is 0. The highest BCUT2D eigenvalue weighted by molar-refractivity contribution is 5.93. The van der Waals surface area contributed by atoms with Crippen LogP contribution in [-0.4, -0.2) is 49.8 Å². The van der Waals surface area contributed by atoms with Crippen molar-refractivity contribution in [3.63, 3.8) is 0 Å². The van der Waals surface area contributed by atoms with Gasteiger partial charge >= 0.3 is 6.09 Å². The fraction of sp³-hybridized carbons (Fsp3) is 0.579. The molecule has 0 bridgehead atoms. The minimum Gasteiger partial charge on any atom is -0.493 e. The van der Waals surface area contributed by atoms with E-state index in [1.54, 1.807) is 37.3 Å². The molecule has 26 heavy (non-hydrogen) atoms. The van der Waals surface area contributed by atoms with Crippen molar-refractivity contribution in [1.29, 1.82) is 0 Å². The number of benzene rings is 1. The smallest absolute Gasteiger partial charge is 0.410 e. The summed E-state index contributed by atoms with van der Waals surface area (Å²) in [7, 11) is 3.12. The predicted octanol–water partition coefficient (Wildman–Crippen LogP) is 3.29. The van der Waals surface area contributed by atoms with Gasteiger partial charge in [-0.1, -0.05) is 0 Å². The van der Waals surface area contributed by atoms with Crippen LogP contribution in [0, 0.1) is 5.92 Å². The van der Waals surface area contributed by atoms with Gasteiger partial charge in [0.15, 0.2) is 11.5 Å². The fourth-order valence-electron chi connectivity index (χ4n) is 2.81. The summed E-state index contributed by atoms with van der Waals surface area (Å²) in [6.45, 7) is 6.55. The van der Waals surface area contributed by atoms with E-state index in [9.17, 15) is 9.59 Å². The number of likely N-dealkylation sites (tertiary alicyclic amines) is 1. The molecule has 0 saturated carbocycles. The van der Waals surface area contributed by atoms with E-state index in [4.69, 9.17) is 14.2 Å². The molecular formula is C19H28N2O5. The molecule has 144 valence electrons. The van der Waals surface area contributed by atoms with Crippen LogP contribution in [0.5, 0.6) is 11.5 Å². The summed E-state index contributed by atoms with van der Waals surface area (Å²) in [5.74, 6) is 0.976. The Bertz CT molecular complexity index is 646. The highest BCUT2D eigenvalue weighted by Crippen LogP contribution is 2.30. The standard InChI is InChI=1S/C19H28N2O5/c1-19(2,3)26-18(23)21-10-8-13(9-11-21)17(22)20-14-6-7-15(24-4)16(12-14)25-5/h6-7,12-13H,8-11H2,1-5H3,(H,20,22). The van der Waals surface area contributed by atoms with Gasteiger partial charge in [-0.2, -0.15) is 0 Å². The van der Waals surface area contributed by atoms with Crippen molar-refractivity contribution < 1.29 is 23.8 Å². The van der Waals surface area contributed by atoms with Gasteiger partial charge in [0, 0.05) is 30.8 Å². The summed E-state index contributed by atoms with van der Waals surface area (Å²) in [6, 6.07) is 5.25. The molecule has 0 spiro atoms. The molecular weight excluding hydrogens is 336 g/mol. The third-order valence-electron chi connectivity index (χ3n) is 4.17. The van der Waals surface area contributed by atoms with Gasteiger partial charge in [0.2, 0.25) is 5.91 Å². The summed E-state index contributed by atoms with van der Waals surface area (Å²) in [4.78, 5) is 26.3. The van der Waals surface area contributed by atoms with Crippen LogP contribution >= 0.6 is 0 Å². The number of ether oxygens (including phenoxy) is 3. The van der Waals surface area contributed by atoms with E-state index in [0.29, 0.717) is 43.1 Å². The van der Waals surface area contributed by atoms with Crippen LogP contribution in [0.25, 0.3) is 0 Å². The highest BCUT2D eigenvalue weighted by atomic mass is 16.6. The first-order valence-corrected chi connectivity index (χ1v) is 8.74. The molecule has 1 N–H and O–H groups in total. The normalized spacial score (nSPS) is 15.3. The van der Waals surface area contributed by atoms with Gasteiger partial charge in [-0.15, -0.1) is 0 Å². The Kier molecular flexibility index (Phi) is 6.34. The first-order valence-electron chi connectivity index (χ1n) is 8.74. The number of piperidine rings is 1. The second-order valence-corrected chi connectivity index (χ2v) is 7.30. The first kappa shape index (κ1) is 19.9. The van der Waals surface area contributed by atoms with E-state index in [2.05, 4.69) is 5.32 Å². The molecule has 1 heterocycles. The Morgan fingerprint density at radius 3 is 2.23 bits per heavy atom. The average molecular weight is 364 g/mol. The van der Waals surface area contributed by atoms with Crippen LogP contribution in [0.2, 0.25) is 0 Å². The maximum atomic E-state index is 12.5. The van der Waals surface area contributed by atoms with Crippen molar-refractivity contribution in [3.05, 3.63) is 18.2 Å². The third-order valence-corrected chi connectivity index (χ3v) is 4.17. The zero-order valence-electron chi connectivity index (χ0n) is 16.1. The number of carbonyl (C=O) groups is 2. The maximum Gasteiger partial charge on any atom is 0.410 e. The van der Waals surface area contributed by atoms with Crippen molar-refractivity contribution in [3.8, 4) is 11.5 Å². The van der Waals surface area contributed by atoms with E-state index in [1.807, 2.05) is 20.8 Å². The number of hydrogen-bond acceptors (Lipinski definition) is 5. The SMILES string of the molecule is COc1ccc(NC(=O)C2CCN(C(=O)OC(C)(C)C)CC2)cc1OC. The topological polar surface area (TPSA) is 77.1 Å². The minimum absolute atomic E-state index is 0.0546. The molecule has 0 radical (unpaired) electrons. The number of hydrogen-bond donors (Lipinski definition) is 1. The lowest BCUT2D eigenvalue weighted by Gasteiger charge is -2.32. The van der Waals surface area contributed by atoms with Crippen molar-refractivity contribution in [2.24, 2.45) is 5.92 Å². The van der Waals surface area contributed by atoms with Gasteiger partial charge in [-0.3, -0.25) is 4.79 Å². The average Bonchev–Trinajstić information content (AvgIpc) is 2.60. The maximum absolute atomic E-state index is 12.5. The number of anilines is 1. The van der Waals surface area contributed by atoms with Crippen molar-refractivity contribution in [2.45, 2.75) is 39.2 Å². The Hall–Kier alpha value is -2.44. The lowest BCUT2D eigenvalue weighted by molar-refractivity contribution is -0.121. The van der Waals surface area contributed by atoms with Gasteiger partial charge in [0.1, 0.15) is 5.60 Å². The molecule has 0 aliphatic carbocycles. The largest absolute Gasteiger partial charge is 0.493 e. The van der Waals surface area contributed by atoms with Crippen LogP contribution in [0.4, 0.5) is 10.5 Å². The minimum atomic E-state index is -0.515. The van der Waals surface area contributed by atoms with Crippen LogP contribution < -0.4 is 14.8 Å². The number of nitrogens with zero attached hydrogens (tertiary/aromatic N) is 1. The molecule has 1 aromatic rings. The lowest BCUT2D eigenvalue weighted by atomic mass is 9.96. The van der Waals surface area contributed by atoms with Crippen molar-refractivity contribution in [1.82, 2.24) is 4.90 Å². The zero-order chi connectivity index (χ0) is 19.3. The van der Waals surface area contributed by atoms with Crippen LogP contribution in [0.1, 0.15) is 33.6 Å². The van der Waals surface area contributed by atoms with Gasteiger partial charge in [0.25, 0.3) is 0 Å². The second kappa shape index (κ2) is 8.29. The Labute approximate surface area is 154 Å². The molecule has 2 amide bonds. The third kappa shape index (κ3) is 5.28. The van der Waals surface area contributed by atoms with Crippen molar-refractivity contribution >= 4 is 17.7 Å². The van der Waals surface area contributed by atoms with E-state index >= 15 is 0 Å². The predicted molar refractivity (Wildman–Crippen MR) is 98.7 cm³/mol. The zero-order valence-corrected chi connectivity index (χ0v) is 16.1. The molecule has 1 saturated heterocycles. The monoisotopic (exact) mass is 364 g/mol. The van der Waals surface area contributed by atoms with Crippen LogP contribution in [-0.2, 0) is 9.53 Å².